The molecule has 0 saturated carbocycles. The smallest absolute Gasteiger partial charge is 0.252 e. The largest absolute Gasteiger partial charge is 0.492 e. The lowest BCUT2D eigenvalue weighted by Crippen LogP contribution is -2.46. The molecular weight excluding hydrogens is 624 g/mol. The maximum Gasteiger partial charge on any atom is 0.252 e. The third-order valence-electron chi connectivity index (χ3n) is 8.59. The lowest BCUT2D eigenvalue weighted by molar-refractivity contribution is -0.136. The molecule has 1 atom stereocenters. The molecule has 2 aromatic carbocycles. The van der Waals surface area contributed by atoms with E-state index in [4.69, 9.17) is 14.8 Å². The predicted octanol–water partition coefficient (Wildman–Crippen LogP) is 3.10. The van der Waals surface area contributed by atoms with E-state index in [0.717, 1.165) is 22.5 Å². The van der Waals surface area contributed by atoms with Crippen LogP contribution in [0.4, 0.5) is 0 Å². The fraction of sp³-hybridized carbons (Fsp3) is 0.371. The van der Waals surface area contributed by atoms with Gasteiger partial charge in [-0.25, -0.2) is 19.2 Å². The maximum absolute atomic E-state index is 13.8. The Bertz CT molecular complexity index is 1970. The van der Waals surface area contributed by atoms with Gasteiger partial charge in [-0.1, -0.05) is 50.2 Å². The Labute approximate surface area is 283 Å². The van der Waals surface area contributed by atoms with Crippen LogP contribution in [-0.4, -0.2) is 83.2 Å². The summed E-state index contributed by atoms with van der Waals surface area (Å²) in [7, 11) is 0. The molecule has 2 N–H and O–H groups in total. The van der Waals surface area contributed by atoms with Crippen molar-refractivity contribution < 1.29 is 19.1 Å². The van der Waals surface area contributed by atoms with E-state index in [-0.39, 0.29) is 56.3 Å². The van der Waals surface area contributed by atoms with E-state index in [1.807, 2.05) is 58.0 Å². The first-order valence-electron chi connectivity index (χ1n) is 16.4. The van der Waals surface area contributed by atoms with Crippen molar-refractivity contribution in [3.8, 4) is 17.1 Å². The van der Waals surface area contributed by atoms with E-state index in [1.165, 1.54) is 11.2 Å². The molecule has 0 radical (unpaired) electrons. The number of hydrogen-bond donors (Lipinski definition) is 2. The third kappa shape index (κ3) is 7.58. The van der Waals surface area contributed by atoms with Gasteiger partial charge in [-0.2, -0.15) is 15.2 Å². The van der Waals surface area contributed by atoms with Crippen molar-refractivity contribution in [3.63, 3.8) is 0 Å². The molecule has 1 aliphatic heterocycles. The van der Waals surface area contributed by atoms with Gasteiger partial charge in [0.05, 0.1) is 19.1 Å². The minimum Gasteiger partial charge on any atom is -0.492 e. The van der Waals surface area contributed by atoms with Crippen LogP contribution in [0.15, 0.2) is 60.9 Å². The minimum atomic E-state index is -0.501. The fourth-order valence-corrected chi connectivity index (χ4v) is 5.96. The number of fused-ring (bicyclic) bond motifs is 4. The second kappa shape index (κ2) is 14.6. The number of benzene rings is 2. The van der Waals surface area contributed by atoms with Crippen LogP contribution in [0.25, 0.3) is 17.2 Å². The summed E-state index contributed by atoms with van der Waals surface area (Å²) >= 11 is 0. The summed E-state index contributed by atoms with van der Waals surface area (Å²) in [5.41, 5.74) is 3.78. The molecule has 1 aliphatic rings. The average Bonchev–Trinajstić information content (AvgIpc) is 3.74. The zero-order valence-electron chi connectivity index (χ0n) is 28.1. The predicted molar refractivity (Wildman–Crippen MR) is 181 cm³/mol. The number of carbonyl (C=O) groups is 3. The molecule has 4 heterocycles. The van der Waals surface area contributed by atoms with Gasteiger partial charge in [0.1, 0.15) is 18.7 Å². The topological polar surface area (TPSA) is 162 Å². The Hall–Kier alpha value is -5.66. The first-order valence-corrected chi connectivity index (χ1v) is 16.4. The number of ether oxygens (including phenoxy) is 1. The van der Waals surface area contributed by atoms with Gasteiger partial charge >= 0.3 is 0 Å². The van der Waals surface area contributed by atoms with Crippen molar-refractivity contribution in [2.24, 2.45) is 5.92 Å². The highest BCUT2D eigenvalue weighted by atomic mass is 16.5. The lowest BCUT2D eigenvalue weighted by atomic mass is 10.0. The van der Waals surface area contributed by atoms with Crippen LogP contribution in [-0.2, 0) is 22.6 Å². The van der Waals surface area contributed by atoms with Crippen molar-refractivity contribution in [3.05, 3.63) is 89.3 Å². The van der Waals surface area contributed by atoms with Crippen molar-refractivity contribution in [1.82, 2.24) is 49.9 Å². The van der Waals surface area contributed by atoms with E-state index >= 15 is 0 Å². The van der Waals surface area contributed by atoms with E-state index < -0.39 is 6.04 Å². The Morgan fingerprint density at radius 2 is 1.82 bits per heavy atom. The Morgan fingerprint density at radius 1 is 1.02 bits per heavy atom. The molecule has 0 fully saturated rings. The van der Waals surface area contributed by atoms with Gasteiger partial charge in [0.25, 0.3) is 11.7 Å². The maximum atomic E-state index is 13.8. The van der Waals surface area contributed by atoms with Crippen LogP contribution in [0.3, 0.4) is 0 Å². The molecule has 14 nitrogen and oxygen atoms in total. The number of rotatable bonds is 5. The lowest BCUT2D eigenvalue weighted by Gasteiger charge is -2.26. The molecule has 3 amide bonds. The standard InChI is InChI=1S/C35H40N10O4/c1-22(2)31-33-41-32(25-9-6-5-7-10-25)42-44(33)17-18-49-27-12-8-11-26(19-27)34(48)36-15-16-43(20-29(46)40-31)30(47)14-13-28-23(3)39-35-37-21-38-45(35)24(28)4/h5-12,19,21-22,31H,13-18,20H2,1-4H3,(H,36,48)(H,40,46)/t31-/m0/s1. The van der Waals surface area contributed by atoms with Crippen molar-refractivity contribution in [1.29, 1.82) is 0 Å². The summed E-state index contributed by atoms with van der Waals surface area (Å²) in [5.74, 6) is 1.21. The Morgan fingerprint density at radius 3 is 2.61 bits per heavy atom. The molecule has 6 rings (SSSR count). The van der Waals surface area contributed by atoms with Crippen LogP contribution in [0.5, 0.6) is 5.75 Å². The van der Waals surface area contributed by atoms with Crippen LogP contribution in [0.1, 0.15) is 59.4 Å². The van der Waals surface area contributed by atoms with Gasteiger partial charge < -0.3 is 20.3 Å². The molecule has 5 aromatic rings. The quantitative estimate of drug-likeness (QED) is 0.288. The van der Waals surface area contributed by atoms with Gasteiger partial charge in [0.15, 0.2) is 11.6 Å². The van der Waals surface area contributed by atoms with E-state index in [9.17, 15) is 14.4 Å². The number of carbonyl (C=O) groups excluding carboxylic acids is 3. The van der Waals surface area contributed by atoms with Gasteiger partial charge in [-0.05, 0) is 49.9 Å². The van der Waals surface area contributed by atoms with Gasteiger partial charge in [-0.15, -0.1) is 0 Å². The van der Waals surface area contributed by atoms with Crippen LogP contribution in [0, 0.1) is 19.8 Å². The number of hydrogen-bond acceptors (Lipinski definition) is 9. The molecule has 0 unspecified atom stereocenters. The van der Waals surface area contributed by atoms with Crippen molar-refractivity contribution in [2.45, 2.75) is 53.1 Å². The fourth-order valence-electron chi connectivity index (χ4n) is 5.96. The van der Waals surface area contributed by atoms with E-state index in [1.54, 1.807) is 33.5 Å². The van der Waals surface area contributed by atoms with E-state index in [0.29, 0.717) is 41.7 Å². The normalized spacial score (nSPS) is 16.1. The summed E-state index contributed by atoms with van der Waals surface area (Å²) in [4.78, 5) is 55.6. The third-order valence-corrected chi connectivity index (χ3v) is 8.59. The average molecular weight is 665 g/mol. The first kappa shape index (κ1) is 33.2. The number of nitrogens with zero attached hydrogens (tertiary/aromatic N) is 8. The highest BCUT2D eigenvalue weighted by molar-refractivity contribution is 5.94. The monoisotopic (exact) mass is 664 g/mol. The second-order valence-electron chi connectivity index (χ2n) is 12.4. The summed E-state index contributed by atoms with van der Waals surface area (Å²) in [5, 5.41) is 15.0. The van der Waals surface area contributed by atoms with E-state index in [2.05, 4.69) is 25.7 Å². The SMILES string of the molecule is Cc1nc2ncnn2c(C)c1CCC(=O)N1CCNC(=O)c2cccc(c2)OCCn2nc(-c3ccccc3)nc2[C@H](C(C)C)NC(=O)C1. The van der Waals surface area contributed by atoms with Gasteiger partial charge in [0, 0.05) is 42.0 Å². The molecule has 3 aromatic heterocycles. The molecule has 254 valence electrons. The molecule has 0 saturated heterocycles. The minimum absolute atomic E-state index is 0.0520. The number of nitrogens with one attached hydrogen (secondary N) is 2. The zero-order valence-corrected chi connectivity index (χ0v) is 28.1. The van der Waals surface area contributed by atoms with Crippen molar-refractivity contribution in [2.75, 3.05) is 26.2 Å². The van der Waals surface area contributed by atoms with Crippen LogP contribution < -0.4 is 15.4 Å². The second-order valence-corrected chi connectivity index (χ2v) is 12.4. The Kier molecular flexibility index (Phi) is 9.92. The molecular formula is C35H40N10O4. The summed E-state index contributed by atoms with van der Waals surface area (Å²) in [6.45, 7) is 8.49. The summed E-state index contributed by atoms with van der Waals surface area (Å²) in [6.07, 6.45) is 1.98. The number of aromatic nitrogens is 7. The van der Waals surface area contributed by atoms with Crippen molar-refractivity contribution >= 4 is 23.5 Å². The van der Waals surface area contributed by atoms with Crippen LogP contribution in [0.2, 0.25) is 0 Å². The molecule has 2 bridgehead atoms. The summed E-state index contributed by atoms with van der Waals surface area (Å²) in [6, 6.07) is 16.1. The zero-order chi connectivity index (χ0) is 34.5. The van der Waals surface area contributed by atoms with Crippen LogP contribution >= 0.6 is 0 Å². The highest BCUT2D eigenvalue weighted by Crippen LogP contribution is 2.25. The van der Waals surface area contributed by atoms with Gasteiger partial charge in [0.2, 0.25) is 11.8 Å². The summed E-state index contributed by atoms with van der Waals surface area (Å²) < 4.78 is 9.45. The number of amides is 3. The Balaban J connectivity index is 1.28. The molecule has 49 heavy (non-hydrogen) atoms. The molecule has 0 aliphatic carbocycles. The van der Waals surface area contributed by atoms with Gasteiger partial charge in [-0.3, -0.25) is 14.4 Å². The molecule has 14 heteroatoms. The molecule has 0 spiro atoms. The number of aryl methyl sites for hydroxylation is 2. The highest BCUT2D eigenvalue weighted by Gasteiger charge is 2.28. The first-order chi connectivity index (χ1) is 23.7.